The van der Waals surface area contributed by atoms with Crippen molar-refractivity contribution >= 4 is 114 Å². The lowest BCUT2D eigenvalue weighted by atomic mass is 9.99. The van der Waals surface area contributed by atoms with E-state index >= 15 is 0 Å². The molecule has 0 fully saturated rings. The van der Waals surface area contributed by atoms with Crippen LogP contribution < -0.4 is 21.3 Å². The van der Waals surface area contributed by atoms with Crippen molar-refractivity contribution in [2.45, 2.75) is 224 Å². The van der Waals surface area contributed by atoms with Gasteiger partial charge < -0.3 is 21.3 Å². The van der Waals surface area contributed by atoms with Gasteiger partial charge in [-0.05, 0) is 156 Å². The van der Waals surface area contributed by atoms with E-state index in [0.717, 1.165) is 205 Å². The van der Waals surface area contributed by atoms with Crippen LogP contribution in [0.2, 0.25) is 0 Å². The Hall–Kier alpha value is -7.51. The van der Waals surface area contributed by atoms with Gasteiger partial charge in [-0.1, -0.05) is 81.1 Å². The summed E-state index contributed by atoms with van der Waals surface area (Å²) < 4.78 is 17.4. The zero-order chi connectivity index (χ0) is 82.9. The Bertz CT molecular complexity index is 5200. The molecular weight excluding hydrogens is 1630 g/mol. The van der Waals surface area contributed by atoms with Gasteiger partial charge in [0.2, 0.25) is 0 Å². The molecule has 0 saturated heterocycles. The van der Waals surface area contributed by atoms with Crippen LogP contribution in [0.4, 0.5) is 4.39 Å². The number of nitrogens with zero attached hydrogens (tertiary/aromatic N) is 10. The third-order valence-corrected chi connectivity index (χ3v) is 29.8. The van der Waals surface area contributed by atoms with Crippen molar-refractivity contribution in [3.63, 3.8) is 0 Å². The SMILES string of the molecule is CC(C)CCCC(=O)Cc1sc2c(c1-c1nc(-c3cncc(F)c3)cs1)CCNC2.CC(C)CCCC(=O)Cc1sc2c(c1-c1nc(-c3cnn(C)c3)cs1)CCNC2.Cc1ccc(-c2csc(-c3c(CC(=O)CCCC(C)C)sc4c3CCNC4)n2)cn1.Cc1cn(-c2csc(-c3c(CC(=O)CCCC(C)C)sc4c3CCNC4)n2)cn1. The van der Waals surface area contributed by atoms with Gasteiger partial charge in [0.25, 0.3) is 0 Å². The van der Waals surface area contributed by atoms with E-state index in [1.54, 1.807) is 108 Å². The van der Waals surface area contributed by atoms with E-state index in [0.29, 0.717) is 104 Å². The number of fused-ring (bicyclic) bond motifs is 4. The number of rotatable bonds is 32. The first-order valence-corrected chi connectivity index (χ1v) is 48.6. The van der Waals surface area contributed by atoms with Gasteiger partial charge >= 0.3 is 0 Å². The molecule has 0 saturated carbocycles. The molecule has 118 heavy (non-hydrogen) atoms. The number of hydrogen-bond acceptors (Lipinski definition) is 24. The van der Waals surface area contributed by atoms with Crippen LogP contribution in [-0.4, -0.2) is 98.5 Å². The zero-order valence-electron chi connectivity index (χ0n) is 69.9. The molecule has 0 atom stereocenters. The standard InChI is InChI=1S/C24H29N3OS2.C23H26FN3OS2.2C22H28N4OS2/c1-15(2)5-4-6-18(28)11-21-23(19-9-10-25-13-22(19)30-21)24-27-20(14-29-24)17-8-7-16(3)26-12-17;1-14(2)4-3-5-17(28)9-20-22(18-6-7-25-12-21(18)30-20)23-27-19(13-29-23)15-8-16(24)11-26-10-15;1-14(2)5-4-6-16(27)9-19-21(17-7-8-23-11-20(17)29-19)22-25-18(13-28-22)15-10-24-26(3)12-15;1-14(2)5-4-6-16(27)9-18-21(17-7-8-23-10-19(17)29-18)22-25-20(12-28-22)26-11-15(3)24-13-26/h7-8,12,14-15,25H,4-6,9-11,13H2,1-3H3;8,10-11,13-14,25H,3-7,9,12H2,1-2H3;10,12-14,23H,4-9,11H2,1-3H3;11-14,23H,4-10H2,1-3H3. The normalized spacial score (nSPS) is 13.7. The number of thiazole rings is 4. The summed E-state index contributed by atoms with van der Waals surface area (Å²) >= 11 is 13.7. The fourth-order valence-corrected chi connectivity index (χ4v) is 24.6. The summed E-state index contributed by atoms with van der Waals surface area (Å²) in [6.45, 7) is 29.1. The third-order valence-electron chi connectivity index (χ3n) is 21.4. The number of imidazole rings is 1. The van der Waals surface area contributed by atoms with Gasteiger partial charge in [0.1, 0.15) is 61.1 Å². The molecule has 16 heterocycles. The summed E-state index contributed by atoms with van der Waals surface area (Å²) in [6.07, 6.45) is 29.4. The van der Waals surface area contributed by atoms with Crippen LogP contribution in [0, 0.1) is 43.3 Å². The number of ketones is 4. The highest BCUT2D eigenvalue weighted by molar-refractivity contribution is 7.17. The van der Waals surface area contributed by atoms with E-state index in [-0.39, 0.29) is 5.82 Å². The maximum absolute atomic E-state index is 13.6. The molecule has 18 nitrogen and oxygen atoms in total. The van der Waals surface area contributed by atoms with Crippen LogP contribution in [0.25, 0.3) is 81.9 Å². The van der Waals surface area contributed by atoms with Crippen LogP contribution >= 0.6 is 90.7 Å². The fraction of sp³-hybridized carbons (Fsp3) is 0.473. The summed E-state index contributed by atoms with van der Waals surface area (Å²) in [5.41, 5.74) is 17.7. The van der Waals surface area contributed by atoms with Crippen LogP contribution in [-0.2, 0) is 104 Å². The minimum absolute atomic E-state index is 0.301. The summed E-state index contributed by atoms with van der Waals surface area (Å²) in [7, 11) is 1.92. The largest absolute Gasteiger partial charge is 0.312 e. The minimum atomic E-state index is -0.367. The van der Waals surface area contributed by atoms with Gasteiger partial charge in [0.15, 0.2) is 0 Å². The number of thiophene rings is 4. The highest BCUT2D eigenvalue weighted by atomic mass is 32.1. The van der Waals surface area contributed by atoms with E-state index in [9.17, 15) is 23.6 Å². The van der Waals surface area contributed by atoms with Crippen LogP contribution in [0.1, 0.15) is 205 Å². The first-order chi connectivity index (χ1) is 57.0. The molecule has 12 aromatic rings. The Morgan fingerprint density at radius 2 is 0.822 bits per heavy atom. The Morgan fingerprint density at radius 3 is 1.17 bits per heavy atom. The maximum Gasteiger partial charge on any atom is 0.149 e. The molecule has 0 unspecified atom stereocenters. The summed E-state index contributed by atoms with van der Waals surface area (Å²) in [5, 5.41) is 30.3. The van der Waals surface area contributed by atoms with Gasteiger partial charge in [0, 0.05) is 215 Å². The molecule has 4 N–H and O–H groups in total. The lowest BCUT2D eigenvalue weighted by Gasteiger charge is -2.13. The number of aryl methyl sites for hydroxylation is 3. The summed E-state index contributed by atoms with van der Waals surface area (Å²) in [5.74, 6) is 4.46. The van der Waals surface area contributed by atoms with E-state index in [1.165, 1.54) is 85.3 Å². The molecule has 0 amide bonds. The average molecular weight is 1740 g/mol. The van der Waals surface area contributed by atoms with Crippen LogP contribution in [0.15, 0.2) is 83.2 Å². The lowest BCUT2D eigenvalue weighted by molar-refractivity contribution is -0.119. The second kappa shape index (κ2) is 42.3. The van der Waals surface area contributed by atoms with Crippen LogP contribution in [0.3, 0.4) is 0 Å². The molecule has 12 aromatic heterocycles. The number of aromatic nitrogens is 10. The summed E-state index contributed by atoms with van der Waals surface area (Å²) in [4.78, 5) is 93.2. The minimum Gasteiger partial charge on any atom is -0.312 e. The summed E-state index contributed by atoms with van der Waals surface area (Å²) in [6, 6.07) is 5.55. The van der Waals surface area contributed by atoms with Crippen molar-refractivity contribution < 1.29 is 23.6 Å². The third kappa shape index (κ3) is 23.6. The topological polar surface area (TPSA) is 229 Å². The average Bonchev–Trinajstić information content (AvgIpc) is 1.64. The van der Waals surface area contributed by atoms with Gasteiger partial charge in [-0.3, -0.25) is 38.4 Å². The van der Waals surface area contributed by atoms with Gasteiger partial charge in [-0.2, -0.15) is 5.10 Å². The lowest BCUT2D eigenvalue weighted by Crippen LogP contribution is -2.22. The van der Waals surface area contributed by atoms with Crippen molar-refractivity contribution in [2.24, 2.45) is 30.7 Å². The Morgan fingerprint density at radius 1 is 0.441 bits per heavy atom. The molecule has 0 aromatic carbocycles. The molecule has 0 aliphatic carbocycles. The monoisotopic (exact) mass is 1740 g/mol. The number of Topliss-reactive ketones (excluding diaryl/α,β-unsaturated/α-hetero) is 4. The van der Waals surface area contributed by atoms with Gasteiger partial charge in [0.05, 0.1) is 35.2 Å². The van der Waals surface area contributed by atoms with Crippen LogP contribution in [0.5, 0.6) is 0 Å². The van der Waals surface area contributed by atoms with Gasteiger partial charge in [-0.15, -0.1) is 90.7 Å². The van der Waals surface area contributed by atoms with E-state index in [4.69, 9.17) is 19.9 Å². The number of carbonyl (C=O) groups is 4. The zero-order valence-corrected chi connectivity index (χ0v) is 76.5. The van der Waals surface area contributed by atoms with E-state index in [1.807, 2.05) is 61.7 Å². The Balaban J connectivity index is 0.000000136. The number of nitrogens with one attached hydrogen (secondary N) is 4. The number of hydrogen-bond donors (Lipinski definition) is 4. The molecule has 4 aliphatic heterocycles. The van der Waals surface area contributed by atoms with E-state index < -0.39 is 0 Å². The quantitative estimate of drug-likeness (QED) is 0.0307. The predicted octanol–water partition coefficient (Wildman–Crippen LogP) is 21.3. The maximum atomic E-state index is 13.6. The number of carbonyl (C=O) groups excluding carboxylic acids is 4. The highest BCUT2D eigenvalue weighted by Gasteiger charge is 2.31. The number of halogens is 1. The van der Waals surface area contributed by atoms with Crippen molar-refractivity contribution in [1.82, 2.24) is 70.5 Å². The molecule has 0 spiro atoms. The first kappa shape index (κ1) is 88.3. The van der Waals surface area contributed by atoms with Crippen molar-refractivity contribution in [1.29, 1.82) is 0 Å². The Labute approximate surface area is 726 Å². The molecule has 16 rings (SSSR count). The molecule has 0 bridgehead atoms. The molecule has 4 aliphatic rings. The predicted molar refractivity (Wildman–Crippen MR) is 488 cm³/mol. The fourth-order valence-electron chi connectivity index (χ4n) is 15.3. The first-order valence-electron chi connectivity index (χ1n) is 41.8. The van der Waals surface area contributed by atoms with Crippen molar-refractivity contribution in [2.75, 3.05) is 26.2 Å². The molecule has 27 heteroatoms. The molecular formula is C91H111FN14O4S8. The Kier molecular flexibility index (Phi) is 31.7. The van der Waals surface area contributed by atoms with Crippen molar-refractivity contribution in [3.05, 3.63) is 162 Å². The smallest absolute Gasteiger partial charge is 0.149 e. The van der Waals surface area contributed by atoms with Gasteiger partial charge in [-0.25, -0.2) is 29.3 Å². The molecule has 624 valence electrons. The molecule has 0 radical (unpaired) electrons. The second-order valence-corrected chi connectivity index (χ2v) is 41.1. The van der Waals surface area contributed by atoms with E-state index in [2.05, 4.69) is 119 Å². The van der Waals surface area contributed by atoms with Crippen molar-refractivity contribution in [3.8, 4) is 81.9 Å². The second-order valence-electron chi connectivity index (χ2n) is 33.0. The number of pyridine rings is 2. The highest BCUT2D eigenvalue weighted by Crippen LogP contribution is 2.46.